The van der Waals surface area contributed by atoms with Crippen LogP contribution in [0.25, 0.3) is 0 Å². The molecule has 0 aliphatic carbocycles. The van der Waals surface area contributed by atoms with Gasteiger partial charge in [-0.25, -0.2) is 26.3 Å². The molecule has 133 valence electrons. The van der Waals surface area contributed by atoms with Crippen LogP contribution in [0.5, 0.6) is 0 Å². The van der Waals surface area contributed by atoms with Gasteiger partial charge in [-0.1, -0.05) is 0 Å². The third-order valence-corrected chi connectivity index (χ3v) is 4.74. The van der Waals surface area contributed by atoms with Crippen molar-refractivity contribution >= 4 is 8.80 Å². The second-order valence-electron chi connectivity index (χ2n) is 3.59. The molecule has 0 spiro atoms. The Labute approximate surface area is 111 Å². The summed E-state index contributed by atoms with van der Waals surface area (Å²) in [5.41, 5.74) is -22.8. The first-order valence-corrected chi connectivity index (χ1v) is 5.83. The maximum Gasteiger partial charge on any atom is 0.449 e. The van der Waals surface area contributed by atoms with Gasteiger partial charge in [0.05, 0.1) is 0 Å². The van der Waals surface area contributed by atoms with E-state index in [0.717, 1.165) is 0 Å². The number of halogens is 15. The monoisotopic (exact) mass is 385 g/mol. The summed E-state index contributed by atoms with van der Waals surface area (Å²) >= 11 is 0. The molecule has 0 aromatic heterocycles. The first-order valence-electron chi connectivity index (χ1n) is 4.33. The fourth-order valence-corrected chi connectivity index (χ4v) is 3.05. The molecular weight excluding hydrogens is 385 g/mol. The zero-order chi connectivity index (χ0) is 18.6. The van der Waals surface area contributed by atoms with Crippen LogP contribution < -0.4 is 0 Å². The molecule has 0 nitrogen and oxygen atoms in total. The van der Waals surface area contributed by atoms with Crippen LogP contribution in [-0.4, -0.2) is 44.0 Å². The Balaban J connectivity index is 6.53. The molecule has 0 saturated carbocycles. The average molecular weight is 385 g/mol. The summed E-state index contributed by atoms with van der Waals surface area (Å²) in [4.78, 5) is 0. The molecule has 0 heterocycles. The van der Waals surface area contributed by atoms with E-state index in [1.54, 1.807) is 0 Å². The molecule has 0 fully saturated rings. The van der Waals surface area contributed by atoms with Crippen LogP contribution in [0, 0.1) is 0 Å². The van der Waals surface area contributed by atoms with Crippen LogP contribution in [0.1, 0.15) is 0 Å². The SMILES string of the molecule is FC(F)(F)C(F)(F)[Si](C(F)(F)C(F)(F)F)C(F)(F)C(F)(F)F. The van der Waals surface area contributed by atoms with Gasteiger partial charge in [0.2, 0.25) is 0 Å². The van der Waals surface area contributed by atoms with E-state index in [4.69, 9.17) is 0 Å². The summed E-state index contributed by atoms with van der Waals surface area (Å²) in [6.45, 7) is 0. The highest BCUT2D eigenvalue weighted by atomic mass is 28.3. The Bertz CT molecular complexity index is 334. The second-order valence-corrected chi connectivity index (χ2v) is 6.23. The van der Waals surface area contributed by atoms with E-state index in [1.165, 1.54) is 0 Å². The van der Waals surface area contributed by atoms with Crippen LogP contribution in [0.3, 0.4) is 0 Å². The normalized spacial score (nSPS) is 16.4. The topological polar surface area (TPSA) is 0 Å². The maximum atomic E-state index is 12.6. The van der Waals surface area contributed by atoms with Crippen molar-refractivity contribution < 1.29 is 65.9 Å². The van der Waals surface area contributed by atoms with Gasteiger partial charge in [0, 0.05) is 0 Å². The van der Waals surface area contributed by atoms with E-state index in [0.29, 0.717) is 0 Å². The van der Waals surface area contributed by atoms with Gasteiger partial charge in [-0.05, 0) is 0 Å². The van der Waals surface area contributed by atoms with Crippen LogP contribution in [0.4, 0.5) is 65.9 Å². The van der Waals surface area contributed by atoms with Crippen LogP contribution >= 0.6 is 0 Å². The zero-order valence-electron chi connectivity index (χ0n) is 9.17. The van der Waals surface area contributed by atoms with E-state index in [1.807, 2.05) is 0 Å². The van der Waals surface area contributed by atoms with Crippen molar-refractivity contribution in [2.75, 3.05) is 0 Å². The standard InChI is InChI=1S/C6F15Si/c7-1(8,9)4(16,17)22(5(18,19)2(10,11)12)6(20,21)3(13,14)15. The lowest BCUT2D eigenvalue weighted by atomic mass is 10.6. The fourth-order valence-electron chi connectivity index (χ4n) is 1.02. The molecule has 0 N–H and O–H groups in total. The van der Waals surface area contributed by atoms with Gasteiger partial charge in [-0.2, -0.15) is 39.5 Å². The molecule has 0 aromatic carbocycles. The maximum absolute atomic E-state index is 12.6. The zero-order valence-corrected chi connectivity index (χ0v) is 10.2. The van der Waals surface area contributed by atoms with Gasteiger partial charge in [0.15, 0.2) is 0 Å². The van der Waals surface area contributed by atoms with Gasteiger partial charge < -0.3 is 0 Å². The minimum absolute atomic E-state index is 7.48. The number of alkyl halides is 15. The van der Waals surface area contributed by atoms with Gasteiger partial charge in [0.1, 0.15) is 0 Å². The van der Waals surface area contributed by atoms with E-state index in [9.17, 15) is 65.9 Å². The molecule has 0 rings (SSSR count). The van der Waals surface area contributed by atoms with E-state index in [-0.39, 0.29) is 0 Å². The molecule has 1 radical (unpaired) electrons. The molecule has 0 unspecified atom stereocenters. The van der Waals surface area contributed by atoms with Gasteiger partial charge in [-0.3, -0.25) is 0 Å². The van der Waals surface area contributed by atoms with E-state index >= 15 is 0 Å². The highest BCUT2D eigenvalue weighted by Crippen LogP contribution is 2.55. The fraction of sp³-hybridized carbons (Fsp3) is 1.00. The second kappa shape index (κ2) is 5.09. The molecule has 22 heavy (non-hydrogen) atoms. The van der Waals surface area contributed by atoms with E-state index in [2.05, 4.69) is 0 Å². The Kier molecular flexibility index (Phi) is 4.89. The van der Waals surface area contributed by atoms with Crippen molar-refractivity contribution in [1.82, 2.24) is 0 Å². The molecule has 0 aliphatic heterocycles. The lowest BCUT2D eigenvalue weighted by Crippen LogP contribution is -2.74. The van der Waals surface area contributed by atoms with Gasteiger partial charge >= 0.3 is 44.0 Å². The van der Waals surface area contributed by atoms with Crippen molar-refractivity contribution in [1.29, 1.82) is 0 Å². The molecule has 0 saturated heterocycles. The highest BCUT2D eigenvalue weighted by Gasteiger charge is 2.88. The van der Waals surface area contributed by atoms with E-state index < -0.39 is 44.0 Å². The largest absolute Gasteiger partial charge is 0.449 e. The predicted molar refractivity (Wildman–Crippen MR) is 38.8 cm³/mol. The lowest BCUT2D eigenvalue weighted by molar-refractivity contribution is -0.298. The van der Waals surface area contributed by atoms with Crippen molar-refractivity contribution in [3.63, 3.8) is 0 Å². The smallest absolute Gasteiger partial charge is 0.201 e. The van der Waals surface area contributed by atoms with Gasteiger partial charge in [-0.15, -0.1) is 0 Å². The van der Waals surface area contributed by atoms with Crippen molar-refractivity contribution in [2.45, 2.75) is 35.2 Å². The van der Waals surface area contributed by atoms with Gasteiger partial charge in [0.25, 0.3) is 0 Å². The summed E-state index contributed by atoms with van der Waals surface area (Å²) < 4.78 is 182. The molecular formula is C6F15Si. The average Bonchev–Trinajstić information content (AvgIpc) is 2.09. The first kappa shape index (κ1) is 21.2. The highest BCUT2D eigenvalue weighted by molar-refractivity contribution is 6.67. The Hall–Kier alpha value is -0.833. The molecule has 16 heteroatoms. The number of hydrogen-bond donors (Lipinski definition) is 0. The minimum atomic E-state index is -8.12. The molecule has 0 bridgehead atoms. The van der Waals surface area contributed by atoms with Crippen LogP contribution in [0.15, 0.2) is 0 Å². The first-order chi connectivity index (χ1) is 9.12. The summed E-state index contributed by atoms with van der Waals surface area (Å²) in [7, 11) is -8.12. The third-order valence-electron chi connectivity index (χ3n) is 2.01. The predicted octanol–water partition coefficient (Wildman–Crippen LogP) is 4.69. The summed E-state index contributed by atoms with van der Waals surface area (Å²) in [5.74, 6) is 0. The van der Waals surface area contributed by atoms with Crippen LogP contribution in [-0.2, 0) is 0 Å². The lowest BCUT2D eigenvalue weighted by Gasteiger charge is -2.37. The molecule has 0 aliphatic rings. The van der Waals surface area contributed by atoms with Crippen molar-refractivity contribution in [3.05, 3.63) is 0 Å². The Morgan fingerprint density at radius 2 is 0.455 bits per heavy atom. The Morgan fingerprint density at radius 3 is 0.545 bits per heavy atom. The minimum Gasteiger partial charge on any atom is -0.201 e. The third kappa shape index (κ3) is 3.24. The number of rotatable bonds is 3. The summed E-state index contributed by atoms with van der Waals surface area (Å²) in [6.07, 6.45) is -22.4. The Morgan fingerprint density at radius 1 is 0.318 bits per heavy atom. The quantitative estimate of drug-likeness (QED) is 0.489. The number of hydrogen-bond acceptors (Lipinski definition) is 0. The molecule has 0 amide bonds. The van der Waals surface area contributed by atoms with Crippen molar-refractivity contribution in [3.8, 4) is 0 Å². The molecule has 0 aromatic rings. The van der Waals surface area contributed by atoms with Crippen molar-refractivity contribution in [2.24, 2.45) is 0 Å². The summed E-state index contributed by atoms with van der Waals surface area (Å²) in [6, 6.07) is 0. The van der Waals surface area contributed by atoms with Crippen LogP contribution in [0.2, 0.25) is 0 Å². The molecule has 0 atom stereocenters. The summed E-state index contributed by atoms with van der Waals surface area (Å²) in [5, 5.41) is 0.